The normalized spacial score (nSPS) is 15.9. The fraction of sp³-hybridized carbons (Fsp3) is 0.333. The third-order valence-corrected chi connectivity index (χ3v) is 4.31. The van der Waals surface area contributed by atoms with E-state index in [0.717, 1.165) is 5.56 Å². The molecule has 2 aromatic rings. The molecule has 1 heterocycles. The molecule has 0 saturated carbocycles. The summed E-state index contributed by atoms with van der Waals surface area (Å²) >= 11 is 0. The van der Waals surface area contributed by atoms with Crippen molar-refractivity contribution in [2.24, 2.45) is 5.41 Å². The molecule has 1 amide bonds. The maximum absolute atomic E-state index is 12.6. The van der Waals surface area contributed by atoms with Crippen LogP contribution in [-0.2, 0) is 25.6 Å². The summed E-state index contributed by atoms with van der Waals surface area (Å²) in [5, 5.41) is 2.61. The second-order valence-electron chi connectivity index (χ2n) is 6.96. The van der Waals surface area contributed by atoms with Crippen molar-refractivity contribution in [2.45, 2.75) is 19.6 Å². The van der Waals surface area contributed by atoms with Crippen LogP contribution in [-0.4, -0.2) is 31.9 Å². The Balaban J connectivity index is 1.61. The van der Waals surface area contributed by atoms with E-state index in [1.807, 2.05) is 43.3 Å². The molecule has 0 unspecified atom stereocenters. The van der Waals surface area contributed by atoms with Crippen LogP contribution in [0.3, 0.4) is 0 Å². The van der Waals surface area contributed by atoms with Gasteiger partial charge in [-0.05, 0) is 11.1 Å². The Kier molecular flexibility index (Phi) is 6.08. The fourth-order valence-corrected chi connectivity index (χ4v) is 2.67. The number of esters is 1. The second-order valence-corrected chi connectivity index (χ2v) is 6.96. The molecule has 1 N–H and O–H groups in total. The number of hydrogen-bond donors (Lipinski definition) is 1. The number of carbonyl (C=O) groups excluding carboxylic acids is 2. The van der Waals surface area contributed by atoms with Crippen LogP contribution < -0.4 is 5.32 Å². The Morgan fingerprint density at radius 2 is 1.67 bits per heavy atom. The molecule has 6 nitrogen and oxygen atoms in total. The summed E-state index contributed by atoms with van der Waals surface area (Å²) in [5.41, 5.74) is 1.34. The van der Waals surface area contributed by atoms with Gasteiger partial charge in [0.15, 0.2) is 6.04 Å². The van der Waals surface area contributed by atoms with Crippen molar-refractivity contribution in [3.05, 3.63) is 71.8 Å². The molecule has 0 radical (unpaired) electrons. The van der Waals surface area contributed by atoms with Crippen molar-refractivity contribution in [3.63, 3.8) is 0 Å². The average molecular weight is 369 g/mol. The number of rotatable bonds is 7. The summed E-state index contributed by atoms with van der Waals surface area (Å²) in [6, 6.07) is 17.4. The molecule has 142 valence electrons. The van der Waals surface area contributed by atoms with Gasteiger partial charge in [0.2, 0.25) is 0 Å². The first-order valence-electron chi connectivity index (χ1n) is 8.82. The van der Waals surface area contributed by atoms with Crippen LogP contribution in [0.25, 0.3) is 0 Å². The van der Waals surface area contributed by atoms with E-state index in [9.17, 15) is 9.59 Å². The lowest BCUT2D eigenvalue weighted by Crippen LogP contribution is -2.45. The lowest BCUT2D eigenvalue weighted by atomic mass is 9.90. The van der Waals surface area contributed by atoms with E-state index in [1.54, 1.807) is 24.3 Å². The molecule has 27 heavy (non-hydrogen) atoms. The maximum Gasteiger partial charge on any atom is 0.408 e. The molecule has 1 aliphatic heterocycles. The molecule has 0 spiro atoms. The summed E-state index contributed by atoms with van der Waals surface area (Å²) in [7, 11) is 0. The standard InChI is InChI=1S/C21H23NO5/c1-21(13-25-14-21)15-27-19(23)18(17-10-6-3-7-11-17)22-20(24)26-12-16-8-4-2-5-9-16/h2-11,18H,12-15H2,1H3,(H,22,24)/t18-/m1/s1. The Bertz CT molecular complexity index is 759. The minimum absolute atomic E-state index is 0.124. The van der Waals surface area contributed by atoms with Crippen LogP contribution in [0.4, 0.5) is 4.79 Å². The highest BCUT2D eigenvalue weighted by Crippen LogP contribution is 2.27. The van der Waals surface area contributed by atoms with Gasteiger partial charge in [0.25, 0.3) is 0 Å². The third kappa shape index (κ3) is 5.31. The SMILES string of the molecule is CC1(COC(=O)[C@H](NC(=O)OCc2ccccc2)c2ccccc2)COC1. The van der Waals surface area contributed by atoms with Gasteiger partial charge in [-0.1, -0.05) is 67.6 Å². The maximum atomic E-state index is 12.6. The third-order valence-electron chi connectivity index (χ3n) is 4.31. The van der Waals surface area contributed by atoms with Crippen LogP contribution >= 0.6 is 0 Å². The van der Waals surface area contributed by atoms with Crippen molar-refractivity contribution in [2.75, 3.05) is 19.8 Å². The summed E-state index contributed by atoms with van der Waals surface area (Å²) in [4.78, 5) is 24.8. The van der Waals surface area contributed by atoms with E-state index in [-0.39, 0.29) is 18.6 Å². The van der Waals surface area contributed by atoms with E-state index in [4.69, 9.17) is 14.2 Å². The molecular formula is C21H23NO5. The van der Waals surface area contributed by atoms with E-state index < -0.39 is 18.1 Å². The Morgan fingerprint density at radius 1 is 1.04 bits per heavy atom. The second kappa shape index (κ2) is 8.68. The molecular weight excluding hydrogens is 346 g/mol. The van der Waals surface area contributed by atoms with Gasteiger partial charge in [-0.2, -0.15) is 0 Å². The zero-order valence-electron chi connectivity index (χ0n) is 15.2. The summed E-state index contributed by atoms with van der Waals surface area (Å²) < 4.78 is 15.8. The topological polar surface area (TPSA) is 73.9 Å². The number of alkyl carbamates (subject to hydrolysis) is 1. The summed E-state index contributed by atoms with van der Waals surface area (Å²) in [6.45, 7) is 3.48. The van der Waals surface area contributed by atoms with Crippen LogP contribution in [0, 0.1) is 5.41 Å². The number of ether oxygens (including phenoxy) is 3. The minimum Gasteiger partial charge on any atom is -0.463 e. The molecule has 0 aromatic heterocycles. The van der Waals surface area contributed by atoms with Crippen LogP contribution in [0.2, 0.25) is 0 Å². The Hall–Kier alpha value is -2.86. The molecule has 1 fully saturated rings. The lowest BCUT2D eigenvalue weighted by molar-refractivity contribution is -0.167. The number of benzene rings is 2. The zero-order chi connectivity index (χ0) is 19.1. The molecule has 1 saturated heterocycles. The quantitative estimate of drug-likeness (QED) is 0.759. The monoisotopic (exact) mass is 369 g/mol. The first-order valence-corrected chi connectivity index (χ1v) is 8.82. The first kappa shape index (κ1) is 18.9. The largest absolute Gasteiger partial charge is 0.463 e. The van der Waals surface area contributed by atoms with Crippen molar-refractivity contribution in [1.29, 1.82) is 0 Å². The predicted octanol–water partition coefficient (Wildman–Crippen LogP) is 3.23. The van der Waals surface area contributed by atoms with Crippen molar-refractivity contribution < 1.29 is 23.8 Å². The van der Waals surface area contributed by atoms with Gasteiger partial charge in [-0.15, -0.1) is 0 Å². The van der Waals surface area contributed by atoms with Gasteiger partial charge < -0.3 is 19.5 Å². The van der Waals surface area contributed by atoms with E-state index in [2.05, 4.69) is 5.32 Å². The van der Waals surface area contributed by atoms with E-state index >= 15 is 0 Å². The smallest absolute Gasteiger partial charge is 0.408 e. The summed E-state index contributed by atoms with van der Waals surface area (Å²) in [6.07, 6.45) is -0.678. The molecule has 0 aliphatic carbocycles. The number of amides is 1. The van der Waals surface area contributed by atoms with Gasteiger partial charge in [0.05, 0.1) is 13.2 Å². The van der Waals surface area contributed by atoms with Gasteiger partial charge in [0, 0.05) is 5.41 Å². The average Bonchev–Trinajstić information content (AvgIpc) is 2.68. The zero-order valence-corrected chi connectivity index (χ0v) is 15.2. The van der Waals surface area contributed by atoms with Crippen molar-refractivity contribution in [1.82, 2.24) is 5.32 Å². The minimum atomic E-state index is -0.931. The van der Waals surface area contributed by atoms with Crippen molar-refractivity contribution >= 4 is 12.1 Å². The van der Waals surface area contributed by atoms with E-state index in [0.29, 0.717) is 18.8 Å². The Morgan fingerprint density at radius 3 is 2.26 bits per heavy atom. The molecule has 6 heteroatoms. The highest BCUT2D eigenvalue weighted by molar-refractivity contribution is 5.82. The highest BCUT2D eigenvalue weighted by atomic mass is 16.6. The number of hydrogen-bond acceptors (Lipinski definition) is 5. The lowest BCUT2D eigenvalue weighted by Gasteiger charge is -2.37. The van der Waals surface area contributed by atoms with Crippen LogP contribution in [0.1, 0.15) is 24.1 Å². The molecule has 1 aliphatic rings. The summed E-state index contributed by atoms with van der Waals surface area (Å²) in [5.74, 6) is -0.522. The first-order chi connectivity index (χ1) is 13.1. The number of carbonyl (C=O) groups is 2. The molecule has 2 aromatic carbocycles. The molecule has 3 rings (SSSR count). The van der Waals surface area contributed by atoms with E-state index in [1.165, 1.54) is 0 Å². The van der Waals surface area contributed by atoms with Gasteiger partial charge in [-0.25, -0.2) is 9.59 Å². The fourth-order valence-electron chi connectivity index (χ4n) is 2.67. The van der Waals surface area contributed by atoms with Crippen LogP contribution in [0.5, 0.6) is 0 Å². The highest BCUT2D eigenvalue weighted by Gasteiger charge is 2.36. The van der Waals surface area contributed by atoms with Gasteiger partial charge in [-0.3, -0.25) is 0 Å². The molecule has 0 bridgehead atoms. The number of nitrogens with one attached hydrogen (secondary N) is 1. The van der Waals surface area contributed by atoms with Crippen LogP contribution in [0.15, 0.2) is 60.7 Å². The van der Waals surface area contributed by atoms with Gasteiger partial charge >= 0.3 is 12.1 Å². The Labute approximate surface area is 158 Å². The predicted molar refractivity (Wildman–Crippen MR) is 98.8 cm³/mol. The van der Waals surface area contributed by atoms with Crippen molar-refractivity contribution in [3.8, 4) is 0 Å². The molecule has 1 atom stereocenters. The van der Waals surface area contributed by atoms with Gasteiger partial charge in [0.1, 0.15) is 13.2 Å².